The van der Waals surface area contributed by atoms with Gasteiger partial charge >= 0.3 is 0 Å². The van der Waals surface area contributed by atoms with E-state index in [2.05, 4.69) is 26.0 Å². The molecule has 6 heteroatoms. The molecule has 2 aromatic carbocycles. The van der Waals surface area contributed by atoms with Gasteiger partial charge in [-0.1, -0.05) is 36.4 Å². The molecule has 0 bridgehead atoms. The summed E-state index contributed by atoms with van der Waals surface area (Å²) in [5.74, 6) is 0.511. The quantitative estimate of drug-likeness (QED) is 0.573. The fraction of sp³-hybridized carbons (Fsp3) is 0.0588. The van der Waals surface area contributed by atoms with E-state index < -0.39 is 0 Å². The van der Waals surface area contributed by atoms with Crippen molar-refractivity contribution in [3.05, 3.63) is 60.3 Å². The van der Waals surface area contributed by atoms with Crippen molar-refractivity contribution in [3.63, 3.8) is 0 Å². The van der Waals surface area contributed by atoms with E-state index in [9.17, 15) is 4.79 Å². The van der Waals surface area contributed by atoms with E-state index in [0.717, 1.165) is 22.0 Å². The van der Waals surface area contributed by atoms with E-state index in [1.165, 1.54) is 6.92 Å². The number of nitrogens with one attached hydrogen (secondary N) is 2. The number of carbonyl (C=O) groups is 1. The smallest absolute Gasteiger partial charge is 0.221 e. The third-order valence-corrected chi connectivity index (χ3v) is 3.19. The van der Waals surface area contributed by atoms with E-state index in [0.29, 0.717) is 5.82 Å². The largest absolute Gasteiger partial charge is 0.326 e. The molecule has 0 aliphatic heterocycles. The fourth-order valence-corrected chi connectivity index (χ4v) is 2.13. The van der Waals surface area contributed by atoms with Gasteiger partial charge in [0.1, 0.15) is 0 Å². The van der Waals surface area contributed by atoms with Crippen LogP contribution in [0.1, 0.15) is 12.5 Å². The van der Waals surface area contributed by atoms with Crippen molar-refractivity contribution in [2.75, 3.05) is 10.7 Å². The monoisotopic (exact) mass is 305 g/mol. The molecule has 0 radical (unpaired) electrons. The van der Waals surface area contributed by atoms with Crippen LogP contribution in [0.3, 0.4) is 0 Å². The Labute approximate surface area is 133 Å². The zero-order chi connectivity index (χ0) is 16.1. The lowest BCUT2D eigenvalue weighted by Gasteiger charge is -2.03. The minimum Gasteiger partial charge on any atom is -0.326 e. The van der Waals surface area contributed by atoms with Crippen LogP contribution >= 0.6 is 0 Å². The van der Waals surface area contributed by atoms with Crippen LogP contribution in [0, 0.1) is 0 Å². The minimum atomic E-state index is -0.0948. The number of rotatable bonds is 4. The maximum absolute atomic E-state index is 11.0. The standard InChI is InChI=1S/C17H15N5O/c1-12(23)20-15-8-6-13(7-9-15)10-18-21-17-16-5-3-2-4-14(16)11-19-22-17/h2-11H,1H3,(H,20,23)(H,21,22)/b18-10+. The molecule has 6 nitrogen and oxygen atoms in total. The van der Waals surface area contributed by atoms with E-state index in [1.807, 2.05) is 48.5 Å². The summed E-state index contributed by atoms with van der Waals surface area (Å²) in [5.41, 5.74) is 4.56. The molecule has 0 saturated heterocycles. The lowest BCUT2D eigenvalue weighted by molar-refractivity contribution is -0.114. The molecule has 1 heterocycles. The lowest BCUT2D eigenvalue weighted by atomic mass is 10.2. The molecule has 2 N–H and O–H groups in total. The van der Waals surface area contributed by atoms with Crippen LogP contribution in [-0.4, -0.2) is 22.3 Å². The van der Waals surface area contributed by atoms with Gasteiger partial charge < -0.3 is 5.32 Å². The number of hydrazone groups is 1. The van der Waals surface area contributed by atoms with E-state index in [1.54, 1.807) is 12.4 Å². The van der Waals surface area contributed by atoms with Gasteiger partial charge in [0.15, 0.2) is 5.82 Å². The molecule has 0 aliphatic rings. The van der Waals surface area contributed by atoms with Gasteiger partial charge in [-0.3, -0.25) is 10.2 Å². The fourth-order valence-electron chi connectivity index (χ4n) is 2.13. The highest BCUT2D eigenvalue weighted by Gasteiger charge is 2.00. The number of amides is 1. The van der Waals surface area contributed by atoms with Gasteiger partial charge in [0, 0.05) is 23.4 Å². The van der Waals surface area contributed by atoms with Gasteiger partial charge in [0.05, 0.1) is 12.4 Å². The normalized spacial score (nSPS) is 10.8. The third kappa shape index (κ3) is 3.68. The number of carbonyl (C=O) groups excluding carboxylic acids is 1. The Morgan fingerprint density at radius 1 is 1.13 bits per heavy atom. The topological polar surface area (TPSA) is 79.3 Å². The number of anilines is 2. The summed E-state index contributed by atoms with van der Waals surface area (Å²) in [6, 6.07) is 15.2. The molecule has 0 spiro atoms. The second-order valence-corrected chi connectivity index (χ2v) is 4.95. The number of fused-ring (bicyclic) bond motifs is 1. The molecule has 0 aliphatic carbocycles. The molecule has 3 aromatic rings. The molecular formula is C17H15N5O. The number of benzene rings is 2. The van der Waals surface area contributed by atoms with Crippen LogP contribution in [0.15, 0.2) is 59.8 Å². The summed E-state index contributed by atoms with van der Waals surface area (Å²) in [5, 5.41) is 16.9. The van der Waals surface area contributed by atoms with Gasteiger partial charge in [-0.25, -0.2) is 0 Å². The SMILES string of the molecule is CC(=O)Nc1ccc(/C=N/Nc2nncc3ccccc23)cc1. The number of hydrogen-bond donors (Lipinski definition) is 2. The summed E-state index contributed by atoms with van der Waals surface area (Å²) < 4.78 is 0. The van der Waals surface area contributed by atoms with E-state index in [4.69, 9.17) is 0 Å². The highest BCUT2D eigenvalue weighted by Crippen LogP contribution is 2.19. The van der Waals surface area contributed by atoms with Gasteiger partial charge in [-0.15, -0.1) is 5.10 Å². The first kappa shape index (κ1) is 14.6. The van der Waals surface area contributed by atoms with Gasteiger partial charge in [0.25, 0.3) is 0 Å². The summed E-state index contributed by atoms with van der Waals surface area (Å²) >= 11 is 0. The second kappa shape index (κ2) is 6.65. The molecule has 0 unspecified atom stereocenters. The third-order valence-electron chi connectivity index (χ3n) is 3.19. The van der Waals surface area contributed by atoms with Crippen LogP contribution in [0.25, 0.3) is 10.8 Å². The molecule has 0 fully saturated rings. The zero-order valence-corrected chi connectivity index (χ0v) is 12.5. The molecule has 0 atom stereocenters. The Morgan fingerprint density at radius 2 is 1.91 bits per heavy atom. The Bertz CT molecular complexity index is 853. The first-order valence-corrected chi connectivity index (χ1v) is 7.09. The maximum Gasteiger partial charge on any atom is 0.221 e. The van der Waals surface area contributed by atoms with Gasteiger partial charge in [-0.2, -0.15) is 10.2 Å². The Kier molecular flexibility index (Phi) is 4.24. The number of aromatic nitrogens is 2. The predicted molar refractivity (Wildman–Crippen MR) is 91.5 cm³/mol. The minimum absolute atomic E-state index is 0.0948. The second-order valence-electron chi connectivity index (χ2n) is 4.95. The van der Waals surface area contributed by atoms with Crippen molar-refractivity contribution < 1.29 is 4.79 Å². The Balaban J connectivity index is 1.72. The first-order valence-electron chi connectivity index (χ1n) is 7.09. The average molecular weight is 305 g/mol. The number of hydrogen-bond acceptors (Lipinski definition) is 5. The van der Waals surface area contributed by atoms with Crippen molar-refractivity contribution in [3.8, 4) is 0 Å². The highest BCUT2D eigenvalue weighted by atomic mass is 16.1. The maximum atomic E-state index is 11.0. The summed E-state index contributed by atoms with van der Waals surface area (Å²) in [4.78, 5) is 11.0. The zero-order valence-electron chi connectivity index (χ0n) is 12.5. The molecule has 23 heavy (non-hydrogen) atoms. The van der Waals surface area contributed by atoms with Crippen molar-refractivity contribution in [2.24, 2.45) is 5.10 Å². The van der Waals surface area contributed by atoms with Crippen molar-refractivity contribution >= 4 is 34.4 Å². The van der Waals surface area contributed by atoms with E-state index in [-0.39, 0.29) is 5.91 Å². The Morgan fingerprint density at radius 3 is 2.70 bits per heavy atom. The molecule has 3 rings (SSSR count). The first-order chi connectivity index (χ1) is 11.2. The molecular weight excluding hydrogens is 290 g/mol. The molecule has 1 amide bonds. The Hall–Kier alpha value is -3.28. The average Bonchev–Trinajstić information content (AvgIpc) is 2.56. The van der Waals surface area contributed by atoms with Gasteiger partial charge in [0.2, 0.25) is 5.91 Å². The van der Waals surface area contributed by atoms with Crippen molar-refractivity contribution in [2.45, 2.75) is 6.92 Å². The molecule has 1 aromatic heterocycles. The van der Waals surface area contributed by atoms with Crippen LogP contribution in [-0.2, 0) is 4.79 Å². The highest BCUT2D eigenvalue weighted by molar-refractivity contribution is 5.92. The van der Waals surface area contributed by atoms with E-state index >= 15 is 0 Å². The van der Waals surface area contributed by atoms with Crippen molar-refractivity contribution in [1.82, 2.24) is 10.2 Å². The predicted octanol–water partition coefficient (Wildman–Crippen LogP) is 3.03. The van der Waals surface area contributed by atoms with Crippen molar-refractivity contribution in [1.29, 1.82) is 0 Å². The van der Waals surface area contributed by atoms with Crippen LogP contribution in [0.5, 0.6) is 0 Å². The molecule has 0 saturated carbocycles. The summed E-state index contributed by atoms with van der Waals surface area (Å²) in [6.45, 7) is 1.48. The lowest BCUT2D eigenvalue weighted by Crippen LogP contribution is -2.05. The summed E-state index contributed by atoms with van der Waals surface area (Å²) in [7, 11) is 0. The molecule has 114 valence electrons. The van der Waals surface area contributed by atoms with Crippen LogP contribution < -0.4 is 10.7 Å². The van der Waals surface area contributed by atoms with Gasteiger partial charge in [-0.05, 0) is 17.7 Å². The number of nitrogens with zero attached hydrogens (tertiary/aromatic N) is 3. The van der Waals surface area contributed by atoms with Crippen LogP contribution in [0.2, 0.25) is 0 Å². The summed E-state index contributed by atoms with van der Waals surface area (Å²) in [6.07, 6.45) is 3.39. The van der Waals surface area contributed by atoms with Crippen LogP contribution in [0.4, 0.5) is 11.5 Å².